The summed E-state index contributed by atoms with van der Waals surface area (Å²) in [5, 5.41) is 0.522. The lowest BCUT2D eigenvalue weighted by Crippen LogP contribution is -2.08. The minimum absolute atomic E-state index is 0.0508. The molecule has 1 aromatic heterocycles. The van der Waals surface area contributed by atoms with Crippen LogP contribution in [0.15, 0.2) is 23.1 Å². The first kappa shape index (κ1) is 11.3. The summed E-state index contributed by atoms with van der Waals surface area (Å²) in [6.45, 7) is 0. The fourth-order valence-corrected chi connectivity index (χ4v) is 2.02. The molecule has 5 heteroatoms. The van der Waals surface area contributed by atoms with E-state index in [-0.39, 0.29) is 5.43 Å². The second kappa shape index (κ2) is 4.32. The predicted octanol–water partition coefficient (Wildman–Crippen LogP) is 2.15. The summed E-state index contributed by atoms with van der Waals surface area (Å²) in [5.41, 5.74) is 0.609. The van der Waals surface area contributed by atoms with E-state index in [1.165, 1.54) is 0 Å². The first-order valence-electron chi connectivity index (χ1n) is 4.61. The van der Waals surface area contributed by atoms with Gasteiger partial charge in [0.1, 0.15) is 11.5 Å². The van der Waals surface area contributed by atoms with Gasteiger partial charge in [-0.2, -0.15) is 0 Å². The highest BCUT2D eigenvalue weighted by Crippen LogP contribution is 2.29. The molecule has 84 valence electrons. The van der Waals surface area contributed by atoms with Crippen LogP contribution in [-0.2, 0) is 0 Å². The van der Waals surface area contributed by atoms with Crippen molar-refractivity contribution in [2.75, 3.05) is 14.2 Å². The molecular weight excluding hydrogens is 321 g/mol. The van der Waals surface area contributed by atoms with Crippen molar-refractivity contribution in [3.8, 4) is 11.5 Å². The van der Waals surface area contributed by atoms with E-state index in [1.807, 2.05) is 22.6 Å². The van der Waals surface area contributed by atoms with Gasteiger partial charge in [-0.15, -0.1) is 0 Å². The number of aromatic amines is 1. The number of ether oxygens (including phenoxy) is 2. The monoisotopic (exact) mass is 331 g/mol. The number of rotatable bonds is 2. The van der Waals surface area contributed by atoms with Crippen LogP contribution >= 0.6 is 22.6 Å². The van der Waals surface area contributed by atoms with Gasteiger partial charge in [-0.1, -0.05) is 0 Å². The molecule has 0 spiro atoms. The Hall–Kier alpha value is -1.24. The number of methoxy groups -OCH3 is 2. The second-order valence-electron chi connectivity index (χ2n) is 3.19. The molecule has 0 aliphatic carbocycles. The van der Waals surface area contributed by atoms with Gasteiger partial charge in [0, 0.05) is 6.20 Å². The van der Waals surface area contributed by atoms with Crippen LogP contribution in [0.1, 0.15) is 0 Å². The Bertz CT molecular complexity index is 592. The molecular formula is C11H10INO3. The van der Waals surface area contributed by atoms with Crippen molar-refractivity contribution in [3.63, 3.8) is 0 Å². The molecule has 1 aromatic carbocycles. The topological polar surface area (TPSA) is 51.3 Å². The Morgan fingerprint density at radius 3 is 2.44 bits per heavy atom. The van der Waals surface area contributed by atoms with Crippen LogP contribution < -0.4 is 14.9 Å². The molecule has 4 nitrogen and oxygen atoms in total. The summed E-state index contributed by atoms with van der Waals surface area (Å²) in [7, 11) is 3.11. The molecule has 0 radical (unpaired) electrons. The maximum Gasteiger partial charge on any atom is 0.206 e. The van der Waals surface area contributed by atoms with Crippen LogP contribution in [0.4, 0.5) is 0 Å². The van der Waals surface area contributed by atoms with Gasteiger partial charge in [-0.05, 0) is 34.7 Å². The fraction of sp³-hybridized carbons (Fsp3) is 0.182. The molecule has 1 N–H and O–H groups in total. The standard InChI is InChI=1S/C11H10INO3/c1-15-7-3-4-8(16-2)10-9(7)11(14)6(12)5-13-10/h3-5H,1-2H3,(H,13,14). The van der Waals surface area contributed by atoms with Crippen LogP contribution in [0, 0.1) is 3.57 Å². The molecule has 0 saturated heterocycles. The van der Waals surface area contributed by atoms with E-state index in [4.69, 9.17) is 9.47 Å². The number of nitrogens with one attached hydrogen (secondary N) is 1. The number of H-pyrrole nitrogens is 1. The molecule has 16 heavy (non-hydrogen) atoms. The number of aromatic nitrogens is 1. The first-order chi connectivity index (χ1) is 7.69. The van der Waals surface area contributed by atoms with Crippen LogP contribution in [-0.4, -0.2) is 19.2 Å². The summed E-state index contributed by atoms with van der Waals surface area (Å²) in [6, 6.07) is 3.50. The molecule has 2 aromatic rings. The van der Waals surface area contributed by atoms with Gasteiger partial charge in [-0.3, -0.25) is 4.79 Å². The van der Waals surface area contributed by atoms with Gasteiger partial charge in [-0.25, -0.2) is 0 Å². The molecule has 0 unspecified atom stereocenters. The van der Waals surface area contributed by atoms with Crippen molar-refractivity contribution in [1.29, 1.82) is 0 Å². The van der Waals surface area contributed by atoms with E-state index in [2.05, 4.69) is 4.98 Å². The molecule has 0 atom stereocenters. The Morgan fingerprint density at radius 2 is 1.81 bits per heavy atom. The van der Waals surface area contributed by atoms with Crippen molar-refractivity contribution in [1.82, 2.24) is 4.98 Å². The normalized spacial score (nSPS) is 10.4. The lowest BCUT2D eigenvalue weighted by atomic mass is 10.2. The summed E-state index contributed by atoms with van der Waals surface area (Å²) in [5.74, 6) is 1.18. The quantitative estimate of drug-likeness (QED) is 0.858. The third-order valence-corrected chi connectivity index (χ3v) is 3.16. The van der Waals surface area contributed by atoms with E-state index in [9.17, 15) is 4.79 Å². The number of benzene rings is 1. The largest absolute Gasteiger partial charge is 0.496 e. The lowest BCUT2D eigenvalue weighted by Gasteiger charge is -2.09. The predicted molar refractivity (Wildman–Crippen MR) is 70.4 cm³/mol. The average Bonchev–Trinajstić information content (AvgIpc) is 2.32. The van der Waals surface area contributed by atoms with Crippen LogP contribution in [0.25, 0.3) is 10.9 Å². The maximum absolute atomic E-state index is 12.0. The van der Waals surface area contributed by atoms with Crippen LogP contribution in [0.3, 0.4) is 0 Å². The van der Waals surface area contributed by atoms with Crippen molar-refractivity contribution in [2.45, 2.75) is 0 Å². The zero-order chi connectivity index (χ0) is 11.7. The Labute approximate surface area is 106 Å². The third kappa shape index (κ3) is 1.64. The Morgan fingerprint density at radius 1 is 1.19 bits per heavy atom. The van der Waals surface area contributed by atoms with E-state index in [1.54, 1.807) is 32.5 Å². The number of hydrogen-bond acceptors (Lipinski definition) is 3. The molecule has 0 amide bonds. The highest BCUT2D eigenvalue weighted by molar-refractivity contribution is 14.1. The highest BCUT2D eigenvalue weighted by atomic mass is 127. The minimum Gasteiger partial charge on any atom is -0.496 e. The van der Waals surface area contributed by atoms with Gasteiger partial charge in [0.2, 0.25) is 5.43 Å². The number of pyridine rings is 1. The average molecular weight is 331 g/mol. The molecule has 0 bridgehead atoms. The van der Waals surface area contributed by atoms with Crippen LogP contribution in [0.2, 0.25) is 0 Å². The fourth-order valence-electron chi connectivity index (χ4n) is 1.59. The van der Waals surface area contributed by atoms with E-state index in [0.717, 1.165) is 0 Å². The van der Waals surface area contributed by atoms with Gasteiger partial charge in [0.15, 0.2) is 0 Å². The zero-order valence-electron chi connectivity index (χ0n) is 8.83. The summed E-state index contributed by atoms with van der Waals surface area (Å²) >= 11 is 1.99. The third-order valence-electron chi connectivity index (χ3n) is 2.36. The van der Waals surface area contributed by atoms with Crippen molar-refractivity contribution in [2.24, 2.45) is 0 Å². The molecule has 0 saturated carbocycles. The zero-order valence-corrected chi connectivity index (χ0v) is 11.0. The van der Waals surface area contributed by atoms with E-state index in [0.29, 0.717) is 26.0 Å². The number of fused-ring (bicyclic) bond motifs is 1. The molecule has 2 rings (SSSR count). The second-order valence-corrected chi connectivity index (χ2v) is 4.35. The smallest absolute Gasteiger partial charge is 0.206 e. The molecule has 0 aliphatic heterocycles. The minimum atomic E-state index is -0.0508. The summed E-state index contributed by atoms with van der Waals surface area (Å²) in [6.07, 6.45) is 1.66. The Kier molecular flexibility index (Phi) is 3.04. The number of halogens is 1. The Balaban J connectivity index is 2.96. The summed E-state index contributed by atoms with van der Waals surface area (Å²) in [4.78, 5) is 15.1. The van der Waals surface area contributed by atoms with Crippen molar-refractivity contribution in [3.05, 3.63) is 32.1 Å². The van der Waals surface area contributed by atoms with Gasteiger partial charge in [0.25, 0.3) is 0 Å². The maximum atomic E-state index is 12.0. The first-order valence-corrected chi connectivity index (χ1v) is 5.68. The van der Waals surface area contributed by atoms with Gasteiger partial charge in [0.05, 0.1) is 28.7 Å². The van der Waals surface area contributed by atoms with Gasteiger partial charge < -0.3 is 14.5 Å². The van der Waals surface area contributed by atoms with Gasteiger partial charge >= 0.3 is 0 Å². The highest BCUT2D eigenvalue weighted by Gasteiger charge is 2.12. The molecule has 1 heterocycles. The van der Waals surface area contributed by atoms with Crippen LogP contribution in [0.5, 0.6) is 11.5 Å². The van der Waals surface area contributed by atoms with Crippen molar-refractivity contribution >= 4 is 33.5 Å². The SMILES string of the molecule is COc1ccc(OC)c2c(=O)c(I)c[nH]c12. The molecule has 0 fully saturated rings. The van der Waals surface area contributed by atoms with E-state index < -0.39 is 0 Å². The van der Waals surface area contributed by atoms with Crippen molar-refractivity contribution < 1.29 is 9.47 Å². The lowest BCUT2D eigenvalue weighted by molar-refractivity contribution is 0.409. The van der Waals surface area contributed by atoms with E-state index >= 15 is 0 Å². The summed E-state index contributed by atoms with van der Waals surface area (Å²) < 4.78 is 11.0. The molecule has 0 aliphatic rings. The number of hydrogen-bond donors (Lipinski definition) is 1.